The zero-order valence-electron chi connectivity index (χ0n) is 12.9. The summed E-state index contributed by atoms with van der Waals surface area (Å²) in [4.78, 5) is 6.81. The molecule has 2 aliphatic heterocycles. The number of anilines is 1. The molecule has 5 nitrogen and oxygen atoms in total. The predicted molar refractivity (Wildman–Crippen MR) is 97.7 cm³/mol. The fourth-order valence-corrected chi connectivity index (χ4v) is 3.09. The number of nitrogens with zero attached hydrogens (tertiary/aromatic N) is 4. The molecular formula is C18H15ClN4O. The van der Waals surface area contributed by atoms with E-state index in [0.29, 0.717) is 23.8 Å². The van der Waals surface area contributed by atoms with Crippen molar-refractivity contribution in [3.63, 3.8) is 0 Å². The second-order valence-electron chi connectivity index (χ2n) is 5.62. The van der Waals surface area contributed by atoms with Crippen molar-refractivity contribution in [1.29, 1.82) is 0 Å². The molecule has 0 saturated heterocycles. The molecular weight excluding hydrogens is 324 g/mol. The highest BCUT2D eigenvalue weighted by atomic mass is 35.5. The van der Waals surface area contributed by atoms with Crippen LogP contribution in [0.25, 0.3) is 0 Å². The van der Waals surface area contributed by atoms with Gasteiger partial charge in [-0.05, 0) is 18.2 Å². The maximum Gasteiger partial charge on any atom is 0.154 e. The lowest BCUT2D eigenvalue weighted by Crippen LogP contribution is -2.40. The van der Waals surface area contributed by atoms with Crippen molar-refractivity contribution in [1.82, 2.24) is 0 Å². The van der Waals surface area contributed by atoms with Crippen molar-refractivity contribution in [2.75, 3.05) is 24.6 Å². The van der Waals surface area contributed by atoms with E-state index in [1.165, 1.54) is 0 Å². The van der Waals surface area contributed by atoms with Crippen molar-refractivity contribution >= 4 is 34.5 Å². The number of aliphatic hydroxyl groups is 1. The van der Waals surface area contributed by atoms with Crippen LogP contribution in [-0.2, 0) is 0 Å². The summed E-state index contributed by atoms with van der Waals surface area (Å²) < 4.78 is 0. The molecule has 0 amide bonds. The second kappa shape index (κ2) is 6.19. The number of hydrogen-bond donors (Lipinski definition) is 1. The molecule has 2 aromatic carbocycles. The highest BCUT2D eigenvalue weighted by Gasteiger charge is 2.27. The summed E-state index contributed by atoms with van der Waals surface area (Å²) in [7, 11) is 0. The minimum atomic E-state index is -0.109. The van der Waals surface area contributed by atoms with E-state index in [9.17, 15) is 5.11 Å². The molecule has 1 N–H and O–H groups in total. The summed E-state index contributed by atoms with van der Waals surface area (Å²) in [5.41, 5.74) is 4.47. The lowest BCUT2D eigenvalue weighted by Gasteiger charge is -2.27. The summed E-state index contributed by atoms with van der Waals surface area (Å²) in [6, 6.07) is 15.8. The summed E-state index contributed by atoms with van der Waals surface area (Å²) in [5, 5.41) is 18.4. The van der Waals surface area contributed by atoms with E-state index in [-0.39, 0.29) is 6.61 Å². The van der Waals surface area contributed by atoms with Gasteiger partial charge in [-0.15, -0.1) is 5.10 Å². The first-order valence-electron chi connectivity index (χ1n) is 7.67. The first kappa shape index (κ1) is 15.1. The van der Waals surface area contributed by atoms with Crippen LogP contribution < -0.4 is 4.90 Å². The first-order valence-corrected chi connectivity index (χ1v) is 8.04. The van der Waals surface area contributed by atoms with Crippen molar-refractivity contribution in [3.8, 4) is 0 Å². The molecule has 2 aliphatic rings. The number of hydrogen-bond acceptors (Lipinski definition) is 5. The Balaban J connectivity index is 1.89. The van der Waals surface area contributed by atoms with Gasteiger partial charge in [-0.25, -0.2) is 0 Å². The standard InChI is InChI=1S/C18H15ClN4O/c19-13-6-7-16-15(8-13)18(12-4-2-1-3-5-12)20-9-17-22-21-14(11-24)10-23(16)17/h1-8,24H,9-11H2. The molecule has 4 rings (SSSR count). The van der Waals surface area contributed by atoms with Gasteiger partial charge < -0.3 is 10.0 Å². The number of rotatable bonds is 2. The zero-order valence-corrected chi connectivity index (χ0v) is 13.6. The Bertz CT molecular complexity index is 874. The Labute approximate surface area is 144 Å². The van der Waals surface area contributed by atoms with Gasteiger partial charge in [0.1, 0.15) is 0 Å². The third-order valence-corrected chi connectivity index (χ3v) is 4.31. The van der Waals surface area contributed by atoms with Gasteiger partial charge in [0.15, 0.2) is 5.84 Å². The summed E-state index contributed by atoms with van der Waals surface area (Å²) in [6.07, 6.45) is 0. The van der Waals surface area contributed by atoms with Gasteiger partial charge in [0.05, 0.1) is 36.8 Å². The number of amidine groups is 1. The molecule has 0 aliphatic carbocycles. The Hall–Kier alpha value is -2.50. The number of aliphatic hydroxyl groups excluding tert-OH is 1. The van der Waals surface area contributed by atoms with Crippen LogP contribution in [0.1, 0.15) is 11.1 Å². The quantitative estimate of drug-likeness (QED) is 0.915. The maximum atomic E-state index is 9.40. The average molecular weight is 339 g/mol. The smallest absolute Gasteiger partial charge is 0.154 e. The minimum absolute atomic E-state index is 0.109. The molecule has 0 fully saturated rings. The molecule has 120 valence electrons. The lowest BCUT2D eigenvalue weighted by atomic mass is 10.00. The molecule has 0 aromatic heterocycles. The molecule has 0 bridgehead atoms. The zero-order chi connectivity index (χ0) is 16.5. The number of fused-ring (bicyclic) bond motifs is 3. The van der Waals surface area contributed by atoms with Crippen LogP contribution in [0.4, 0.5) is 5.69 Å². The van der Waals surface area contributed by atoms with E-state index in [1.54, 1.807) is 0 Å². The van der Waals surface area contributed by atoms with Gasteiger partial charge in [-0.2, -0.15) is 5.10 Å². The second-order valence-corrected chi connectivity index (χ2v) is 6.06. The molecule has 0 radical (unpaired) electrons. The van der Waals surface area contributed by atoms with Gasteiger partial charge >= 0.3 is 0 Å². The van der Waals surface area contributed by atoms with Gasteiger partial charge in [0, 0.05) is 16.1 Å². The molecule has 2 heterocycles. The van der Waals surface area contributed by atoms with E-state index in [2.05, 4.69) is 10.2 Å². The highest BCUT2D eigenvalue weighted by Crippen LogP contribution is 2.30. The Morgan fingerprint density at radius 1 is 1.08 bits per heavy atom. The molecule has 0 unspecified atom stereocenters. The molecule has 24 heavy (non-hydrogen) atoms. The van der Waals surface area contributed by atoms with Crippen LogP contribution >= 0.6 is 11.6 Å². The summed E-state index contributed by atoms with van der Waals surface area (Å²) in [6.45, 7) is 0.822. The normalized spacial score (nSPS) is 16.4. The third kappa shape index (κ3) is 2.62. The van der Waals surface area contributed by atoms with Crippen LogP contribution in [0.15, 0.2) is 63.7 Å². The molecule has 6 heteroatoms. The van der Waals surface area contributed by atoms with Crippen LogP contribution in [0.2, 0.25) is 5.02 Å². The van der Waals surface area contributed by atoms with Gasteiger partial charge in [-0.3, -0.25) is 4.99 Å². The van der Waals surface area contributed by atoms with E-state index >= 15 is 0 Å². The Morgan fingerprint density at radius 2 is 1.92 bits per heavy atom. The number of aliphatic imine (C=N–C) groups is 1. The Kier molecular flexibility index (Phi) is 3.88. The van der Waals surface area contributed by atoms with E-state index < -0.39 is 0 Å². The van der Waals surface area contributed by atoms with E-state index in [1.807, 2.05) is 53.4 Å². The molecule has 0 atom stereocenters. The molecule has 0 saturated carbocycles. The van der Waals surface area contributed by atoms with Crippen molar-refractivity contribution in [2.45, 2.75) is 0 Å². The van der Waals surface area contributed by atoms with Gasteiger partial charge in [0.25, 0.3) is 0 Å². The third-order valence-electron chi connectivity index (χ3n) is 4.07. The van der Waals surface area contributed by atoms with Gasteiger partial charge in [0.2, 0.25) is 0 Å². The average Bonchev–Trinajstić information content (AvgIpc) is 2.78. The van der Waals surface area contributed by atoms with E-state index in [0.717, 1.165) is 28.4 Å². The Morgan fingerprint density at radius 3 is 2.71 bits per heavy atom. The fraction of sp³-hybridized carbons (Fsp3) is 0.167. The predicted octanol–water partition coefficient (Wildman–Crippen LogP) is 2.76. The minimum Gasteiger partial charge on any atom is -0.390 e. The van der Waals surface area contributed by atoms with Crippen LogP contribution in [0, 0.1) is 0 Å². The van der Waals surface area contributed by atoms with Crippen LogP contribution in [-0.4, -0.2) is 42.1 Å². The lowest BCUT2D eigenvalue weighted by molar-refractivity contribution is 0.355. The summed E-state index contributed by atoms with van der Waals surface area (Å²) >= 11 is 6.25. The van der Waals surface area contributed by atoms with E-state index in [4.69, 9.17) is 16.6 Å². The molecule has 0 spiro atoms. The number of benzene rings is 2. The van der Waals surface area contributed by atoms with Crippen molar-refractivity contribution in [3.05, 3.63) is 64.7 Å². The number of halogens is 1. The topological polar surface area (TPSA) is 60.6 Å². The van der Waals surface area contributed by atoms with Gasteiger partial charge in [-0.1, -0.05) is 41.9 Å². The summed E-state index contributed by atoms with van der Waals surface area (Å²) in [5.74, 6) is 0.765. The monoisotopic (exact) mass is 338 g/mol. The first-order chi connectivity index (χ1) is 11.8. The van der Waals surface area contributed by atoms with Crippen molar-refractivity contribution < 1.29 is 5.11 Å². The largest absolute Gasteiger partial charge is 0.390 e. The maximum absolute atomic E-state index is 9.40. The molecule has 2 aromatic rings. The van der Waals surface area contributed by atoms with Crippen LogP contribution in [0.5, 0.6) is 0 Å². The van der Waals surface area contributed by atoms with Crippen LogP contribution in [0.3, 0.4) is 0 Å². The fourth-order valence-electron chi connectivity index (χ4n) is 2.92. The van der Waals surface area contributed by atoms with Crippen molar-refractivity contribution in [2.24, 2.45) is 15.2 Å². The SMILES string of the molecule is OCC1=NN=C2CN=C(c3ccccc3)c3cc(Cl)ccc3N2C1. The highest BCUT2D eigenvalue weighted by molar-refractivity contribution is 6.32.